The number of hydrogen-bond acceptors (Lipinski definition) is 4. The van der Waals surface area contributed by atoms with Crippen LogP contribution in [0.3, 0.4) is 0 Å². The van der Waals surface area contributed by atoms with E-state index in [-0.39, 0.29) is 0 Å². The molecule has 14 heavy (non-hydrogen) atoms. The first-order chi connectivity index (χ1) is 6.65. The molecule has 1 saturated heterocycles. The van der Waals surface area contributed by atoms with Crippen molar-refractivity contribution in [2.45, 2.75) is 0 Å². The molecule has 0 aromatic rings. The van der Waals surface area contributed by atoms with Crippen LogP contribution in [0.2, 0.25) is 0 Å². The molecule has 1 heterocycles. The van der Waals surface area contributed by atoms with E-state index in [9.17, 15) is 14.4 Å². The van der Waals surface area contributed by atoms with Gasteiger partial charge in [0.25, 0.3) is 5.91 Å². The number of nitrogens with one attached hydrogen (secondary N) is 1. The van der Waals surface area contributed by atoms with Gasteiger partial charge in [0.15, 0.2) is 0 Å². The minimum absolute atomic E-state index is 0.323. The summed E-state index contributed by atoms with van der Waals surface area (Å²) in [7, 11) is 1.21. The average molecular weight is 198 g/mol. The Bertz CT molecular complexity index is 298. The number of amides is 3. The van der Waals surface area contributed by atoms with Crippen LogP contribution in [0, 0.1) is 0 Å². The van der Waals surface area contributed by atoms with Gasteiger partial charge in [-0.3, -0.25) is 9.69 Å². The van der Waals surface area contributed by atoms with Crippen molar-refractivity contribution in [1.29, 1.82) is 0 Å². The number of carbonyl (C=O) groups excluding carboxylic acids is 3. The van der Waals surface area contributed by atoms with Gasteiger partial charge in [-0.25, -0.2) is 9.59 Å². The van der Waals surface area contributed by atoms with E-state index < -0.39 is 17.9 Å². The molecule has 0 radical (unpaired) electrons. The van der Waals surface area contributed by atoms with Gasteiger partial charge in [0.2, 0.25) is 0 Å². The number of hydrogen-bond donors (Lipinski definition) is 1. The summed E-state index contributed by atoms with van der Waals surface area (Å²) < 4.78 is 4.29. The van der Waals surface area contributed by atoms with Crippen LogP contribution >= 0.6 is 0 Å². The maximum absolute atomic E-state index is 11.2. The highest BCUT2D eigenvalue weighted by Gasteiger charge is 2.24. The van der Waals surface area contributed by atoms with E-state index in [2.05, 4.69) is 10.1 Å². The van der Waals surface area contributed by atoms with Crippen molar-refractivity contribution >= 4 is 17.9 Å². The molecule has 3 amide bonds. The molecule has 1 aliphatic heterocycles. The van der Waals surface area contributed by atoms with Gasteiger partial charge in [-0.1, -0.05) is 0 Å². The lowest BCUT2D eigenvalue weighted by Crippen LogP contribution is -2.32. The predicted octanol–water partition coefficient (Wildman–Crippen LogP) is -0.733. The van der Waals surface area contributed by atoms with Gasteiger partial charge < -0.3 is 10.1 Å². The molecule has 6 heteroatoms. The SMILES string of the molecule is COC(=O)/C=C\C(=O)N1CCNC1=O. The average Bonchev–Trinajstić information content (AvgIpc) is 2.60. The third kappa shape index (κ3) is 2.32. The minimum atomic E-state index is -0.627. The summed E-state index contributed by atoms with van der Waals surface area (Å²) in [5.74, 6) is -1.15. The molecular formula is C8H10N2O4. The zero-order valence-corrected chi connectivity index (χ0v) is 7.65. The number of carbonyl (C=O) groups is 3. The molecule has 0 atom stereocenters. The molecule has 0 spiro atoms. The van der Waals surface area contributed by atoms with E-state index in [0.29, 0.717) is 13.1 Å². The zero-order valence-electron chi connectivity index (χ0n) is 7.65. The molecule has 6 nitrogen and oxygen atoms in total. The van der Waals surface area contributed by atoms with E-state index in [4.69, 9.17) is 0 Å². The predicted molar refractivity (Wildman–Crippen MR) is 46.3 cm³/mol. The summed E-state index contributed by atoms with van der Waals surface area (Å²) in [4.78, 5) is 33.9. The zero-order chi connectivity index (χ0) is 10.6. The van der Waals surface area contributed by atoms with Gasteiger partial charge in [-0.2, -0.15) is 0 Å². The van der Waals surface area contributed by atoms with Crippen LogP contribution in [0.4, 0.5) is 4.79 Å². The summed E-state index contributed by atoms with van der Waals surface area (Å²) >= 11 is 0. The molecule has 0 aromatic carbocycles. The van der Waals surface area contributed by atoms with E-state index in [1.807, 2.05) is 0 Å². The molecule has 0 bridgehead atoms. The Hall–Kier alpha value is -1.85. The van der Waals surface area contributed by atoms with Crippen LogP contribution < -0.4 is 5.32 Å². The normalized spacial score (nSPS) is 15.8. The van der Waals surface area contributed by atoms with Crippen LogP contribution in [-0.4, -0.2) is 43.0 Å². The van der Waals surface area contributed by atoms with Crippen molar-refractivity contribution in [3.8, 4) is 0 Å². The smallest absolute Gasteiger partial charge is 0.330 e. The number of nitrogens with zero attached hydrogens (tertiary/aromatic N) is 1. The second-order valence-electron chi connectivity index (χ2n) is 2.58. The fraction of sp³-hybridized carbons (Fsp3) is 0.375. The second-order valence-corrected chi connectivity index (χ2v) is 2.58. The summed E-state index contributed by atoms with van der Waals surface area (Å²) in [5.41, 5.74) is 0. The van der Waals surface area contributed by atoms with Crippen molar-refractivity contribution < 1.29 is 19.1 Å². The molecule has 1 fully saturated rings. The van der Waals surface area contributed by atoms with E-state index in [0.717, 1.165) is 17.1 Å². The van der Waals surface area contributed by atoms with Gasteiger partial charge in [0.05, 0.1) is 7.11 Å². The summed E-state index contributed by atoms with van der Waals surface area (Å²) in [5, 5.41) is 2.47. The number of esters is 1. The molecule has 0 aromatic heterocycles. The van der Waals surface area contributed by atoms with Crippen LogP contribution in [-0.2, 0) is 14.3 Å². The van der Waals surface area contributed by atoms with Gasteiger partial charge in [-0.05, 0) is 0 Å². The molecule has 76 valence electrons. The summed E-state index contributed by atoms with van der Waals surface area (Å²) in [6, 6.07) is -0.440. The largest absolute Gasteiger partial charge is 0.466 e. The lowest BCUT2D eigenvalue weighted by Gasteiger charge is -2.07. The Kier molecular flexibility index (Phi) is 3.22. The highest BCUT2D eigenvalue weighted by Crippen LogP contribution is 1.98. The number of methoxy groups -OCH3 is 1. The molecule has 0 saturated carbocycles. The Balaban J connectivity index is 2.53. The Morgan fingerprint density at radius 3 is 2.71 bits per heavy atom. The Morgan fingerprint density at radius 2 is 2.21 bits per heavy atom. The van der Waals surface area contributed by atoms with Crippen molar-refractivity contribution in [2.24, 2.45) is 0 Å². The van der Waals surface area contributed by atoms with Crippen LogP contribution in [0.5, 0.6) is 0 Å². The third-order valence-electron chi connectivity index (χ3n) is 1.69. The maximum atomic E-state index is 11.2. The first kappa shape index (κ1) is 10.2. The van der Waals surface area contributed by atoms with Crippen LogP contribution in [0.15, 0.2) is 12.2 Å². The van der Waals surface area contributed by atoms with Gasteiger partial charge in [0, 0.05) is 25.2 Å². The molecule has 1 N–H and O–H groups in total. The third-order valence-corrected chi connectivity index (χ3v) is 1.69. The van der Waals surface area contributed by atoms with Gasteiger partial charge >= 0.3 is 12.0 Å². The Morgan fingerprint density at radius 1 is 1.50 bits per heavy atom. The number of ether oxygens (including phenoxy) is 1. The van der Waals surface area contributed by atoms with Crippen LogP contribution in [0.1, 0.15) is 0 Å². The van der Waals surface area contributed by atoms with Crippen molar-refractivity contribution in [3.05, 3.63) is 12.2 Å². The van der Waals surface area contributed by atoms with E-state index in [1.165, 1.54) is 7.11 Å². The maximum Gasteiger partial charge on any atom is 0.330 e. The van der Waals surface area contributed by atoms with E-state index in [1.54, 1.807) is 0 Å². The van der Waals surface area contributed by atoms with Gasteiger partial charge in [0.1, 0.15) is 0 Å². The second kappa shape index (κ2) is 4.40. The molecule has 0 unspecified atom stereocenters. The summed E-state index contributed by atoms with van der Waals surface area (Å²) in [6.07, 6.45) is 1.99. The Labute approximate surface area is 80.5 Å². The van der Waals surface area contributed by atoms with Crippen molar-refractivity contribution in [1.82, 2.24) is 10.2 Å². The fourth-order valence-corrected chi connectivity index (χ4v) is 0.979. The van der Waals surface area contributed by atoms with Gasteiger partial charge in [-0.15, -0.1) is 0 Å². The fourth-order valence-electron chi connectivity index (χ4n) is 0.979. The van der Waals surface area contributed by atoms with Crippen molar-refractivity contribution in [3.63, 3.8) is 0 Å². The number of rotatable bonds is 2. The number of urea groups is 1. The highest BCUT2D eigenvalue weighted by atomic mass is 16.5. The topological polar surface area (TPSA) is 75.7 Å². The molecule has 0 aliphatic carbocycles. The first-order valence-corrected chi connectivity index (χ1v) is 4.00. The highest BCUT2D eigenvalue weighted by molar-refractivity contribution is 6.03. The van der Waals surface area contributed by atoms with E-state index >= 15 is 0 Å². The molecular weight excluding hydrogens is 188 g/mol. The first-order valence-electron chi connectivity index (χ1n) is 4.00. The minimum Gasteiger partial charge on any atom is -0.466 e. The standard InChI is InChI=1S/C8H10N2O4/c1-14-7(12)3-2-6(11)10-5-4-9-8(10)13/h2-3H,4-5H2,1H3,(H,9,13)/b3-2-. The van der Waals surface area contributed by atoms with Crippen LogP contribution in [0.25, 0.3) is 0 Å². The monoisotopic (exact) mass is 198 g/mol. The summed E-state index contributed by atoms with van der Waals surface area (Å²) in [6.45, 7) is 0.764. The lowest BCUT2D eigenvalue weighted by atomic mass is 10.4. The lowest BCUT2D eigenvalue weighted by molar-refractivity contribution is -0.135. The molecule has 1 aliphatic rings. The van der Waals surface area contributed by atoms with Crippen molar-refractivity contribution in [2.75, 3.05) is 20.2 Å². The number of imide groups is 1. The quantitative estimate of drug-likeness (QED) is 0.468. The molecule has 1 rings (SSSR count).